The summed E-state index contributed by atoms with van der Waals surface area (Å²) in [6, 6.07) is 7.10. The number of hydrogen-bond acceptors (Lipinski definition) is 7. The number of ether oxygens (including phenoxy) is 3. The number of nitrogens with zero attached hydrogens (tertiary/aromatic N) is 3. The van der Waals surface area contributed by atoms with Crippen molar-refractivity contribution in [3.8, 4) is 28.8 Å². The van der Waals surface area contributed by atoms with E-state index in [9.17, 15) is 0 Å². The summed E-state index contributed by atoms with van der Waals surface area (Å²) in [5.41, 5.74) is 0.739. The Morgan fingerprint density at radius 3 is 2.48 bits per heavy atom. The van der Waals surface area contributed by atoms with Gasteiger partial charge in [-0.1, -0.05) is 0 Å². The Hall–Kier alpha value is -3.07. The second-order valence-corrected chi connectivity index (χ2v) is 5.23. The fourth-order valence-corrected chi connectivity index (χ4v) is 2.44. The van der Waals surface area contributed by atoms with Crippen molar-refractivity contribution >= 4 is 18.4 Å². The van der Waals surface area contributed by atoms with Crippen LogP contribution in [-0.4, -0.2) is 42.4 Å². The van der Waals surface area contributed by atoms with Gasteiger partial charge in [0.15, 0.2) is 17.3 Å². The van der Waals surface area contributed by atoms with E-state index in [0.29, 0.717) is 33.6 Å². The van der Waals surface area contributed by atoms with E-state index in [1.54, 1.807) is 58.1 Å². The van der Waals surface area contributed by atoms with Gasteiger partial charge < -0.3 is 18.6 Å². The normalized spacial score (nSPS) is 11.0. The Bertz CT molecular complexity index is 918. The lowest BCUT2D eigenvalue weighted by molar-refractivity contribution is 0.324. The molecule has 0 aliphatic heterocycles. The van der Waals surface area contributed by atoms with Gasteiger partial charge in [0.2, 0.25) is 16.3 Å². The first-order chi connectivity index (χ1) is 12.2. The van der Waals surface area contributed by atoms with E-state index in [2.05, 4.69) is 15.3 Å². The van der Waals surface area contributed by atoms with Gasteiger partial charge >= 0.3 is 0 Å². The molecule has 0 atom stereocenters. The van der Waals surface area contributed by atoms with E-state index in [-0.39, 0.29) is 0 Å². The molecule has 25 heavy (non-hydrogen) atoms. The minimum Gasteiger partial charge on any atom is -0.493 e. The molecular formula is C16H16N4O4S. The number of aromatic nitrogens is 3. The molecule has 8 nitrogen and oxygen atoms in total. The first-order valence-electron chi connectivity index (χ1n) is 7.23. The van der Waals surface area contributed by atoms with Gasteiger partial charge in [0.25, 0.3) is 0 Å². The smallest absolute Gasteiger partial charge is 0.219 e. The Balaban J connectivity index is 2.01. The highest BCUT2D eigenvalue weighted by Crippen LogP contribution is 2.37. The fraction of sp³-hybridized carbons (Fsp3) is 0.188. The molecule has 0 unspecified atom stereocenters. The molecule has 0 spiro atoms. The first kappa shape index (κ1) is 16.8. The number of furan rings is 1. The lowest BCUT2D eigenvalue weighted by Gasteiger charge is -2.12. The van der Waals surface area contributed by atoms with Gasteiger partial charge in [-0.3, -0.25) is 0 Å². The first-order valence-corrected chi connectivity index (χ1v) is 7.64. The molecule has 3 aromatic rings. The van der Waals surface area contributed by atoms with Gasteiger partial charge in [0, 0.05) is 5.56 Å². The molecule has 0 radical (unpaired) electrons. The lowest BCUT2D eigenvalue weighted by atomic mass is 10.2. The van der Waals surface area contributed by atoms with Gasteiger partial charge in [0.1, 0.15) is 0 Å². The molecule has 130 valence electrons. The minimum absolute atomic E-state index is 0.343. The van der Waals surface area contributed by atoms with E-state index in [1.807, 2.05) is 0 Å². The molecule has 0 amide bonds. The summed E-state index contributed by atoms with van der Waals surface area (Å²) in [5.74, 6) is 2.60. The monoisotopic (exact) mass is 360 g/mol. The third-order valence-corrected chi connectivity index (χ3v) is 3.67. The number of methoxy groups -OCH3 is 3. The van der Waals surface area contributed by atoms with E-state index in [0.717, 1.165) is 5.56 Å². The number of hydrogen-bond donors (Lipinski definition) is 1. The van der Waals surface area contributed by atoms with Gasteiger partial charge in [-0.15, -0.1) is 5.10 Å². The fourth-order valence-electron chi connectivity index (χ4n) is 2.26. The van der Waals surface area contributed by atoms with Crippen molar-refractivity contribution in [1.82, 2.24) is 14.9 Å². The maximum absolute atomic E-state index is 5.35. The van der Waals surface area contributed by atoms with Gasteiger partial charge in [-0.25, -0.2) is 5.10 Å². The second kappa shape index (κ2) is 7.22. The molecule has 0 aliphatic carbocycles. The molecule has 0 aliphatic rings. The summed E-state index contributed by atoms with van der Waals surface area (Å²) in [6.07, 6.45) is 3.17. The predicted octanol–water partition coefficient (Wildman–Crippen LogP) is 3.11. The highest BCUT2D eigenvalue weighted by molar-refractivity contribution is 7.71. The van der Waals surface area contributed by atoms with Crippen LogP contribution in [0, 0.1) is 4.77 Å². The van der Waals surface area contributed by atoms with Crippen LogP contribution in [0.5, 0.6) is 17.2 Å². The molecule has 1 N–H and O–H groups in total. The number of benzene rings is 1. The summed E-state index contributed by atoms with van der Waals surface area (Å²) in [6.45, 7) is 0. The summed E-state index contributed by atoms with van der Waals surface area (Å²) < 4.78 is 23.1. The average Bonchev–Trinajstić information content (AvgIpc) is 3.28. The number of nitrogens with one attached hydrogen (secondary N) is 1. The standard InChI is InChI=1S/C16H16N4O4S/c1-21-12-7-10(8-13(22-2)14(12)23-3)9-17-20-15(18-19-16(20)25)11-5-4-6-24-11/h4-9H,1-3H3,(H,19,25)/b17-9+. The highest BCUT2D eigenvalue weighted by Gasteiger charge is 2.13. The van der Waals surface area contributed by atoms with E-state index >= 15 is 0 Å². The van der Waals surface area contributed by atoms with Crippen LogP contribution in [0.15, 0.2) is 40.0 Å². The zero-order valence-corrected chi connectivity index (χ0v) is 14.7. The Kier molecular flexibility index (Phi) is 4.85. The molecule has 0 saturated carbocycles. The summed E-state index contributed by atoms with van der Waals surface area (Å²) >= 11 is 5.22. The molecule has 1 aromatic carbocycles. The maximum Gasteiger partial charge on any atom is 0.219 e. The van der Waals surface area contributed by atoms with Gasteiger partial charge in [-0.2, -0.15) is 9.78 Å². The van der Waals surface area contributed by atoms with Crippen molar-refractivity contribution < 1.29 is 18.6 Å². The van der Waals surface area contributed by atoms with Crippen molar-refractivity contribution in [2.45, 2.75) is 0 Å². The third kappa shape index (κ3) is 3.26. The second-order valence-electron chi connectivity index (χ2n) is 4.84. The SMILES string of the molecule is COc1cc(/C=N/n2c(-c3ccco3)n[nH]c2=S)cc(OC)c1OC. The number of H-pyrrole nitrogens is 1. The quantitative estimate of drug-likeness (QED) is 0.537. The van der Waals surface area contributed by atoms with E-state index < -0.39 is 0 Å². The third-order valence-electron chi connectivity index (χ3n) is 3.40. The van der Waals surface area contributed by atoms with Crippen LogP contribution in [0.2, 0.25) is 0 Å². The van der Waals surface area contributed by atoms with Crippen molar-refractivity contribution in [2.24, 2.45) is 5.10 Å². The van der Waals surface area contributed by atoms with Gasteiger partial charge in [0.05, 0.1) is 33.8 Å². The number of aromatic amines is 1. The summed E-state index contributed by atoms with van der Waals surface area (Å²) in [4.78, 5) is 0. The summed E-state index contributed by atoms with van der Waals surface area (Å²) in [5, 5.41) is 11.2. The Labute approximate surface area is 148 Å². The lowest BCUT2D eigenvalue weighted by Crippen LogP contribution is -1.98. The molecule has 2 aromatic heterocycles. The van der Waals surface area contributed by atoms with E-state index in [1.165, 1.54) is 4.68 Å². The van der Waals surface area contributed by atoms with Crippen LogP contribution >= 0.6 is 12.2 Å². The Morgan fingerprint density at radius 2 is 1.92 bits per heavy atom. The van der Waals surface area contributed by atoms with Crippen molar-refractivity contribution in [1.29, 1.82) is 0 Å². The van der Waals surface area contributed by atoms with Gasteiger partial charge in [-0.05, 0) is 36.5 Å². The van der Waals surface area contributed by atoms with Crippen LogP contribution in [0.3, 0.4) is 0 Å². The maximum atomic E-state index is 5.35. The molecule has 0 bridgehead atoms. The minimum atomic E-state index is 0.343. The van der Waals surface area contributed by atoms with Crippen LogP contribution in [0.25, 0.3) is 11.6 Å². The van der Waals surface area contributed by atoms with Crippen LogP contribution < -0.4 is 14.2 Å². The van der Waals surface area contributed by atoms with Crippen molar-refractivity contribution in [3.05, 3.63) is 40.9 Å². The van der Waals surface area contributed by atoms with Crippen LogP contribution in [-0.2, 0) is 0 Å². The molecule has 0 fully saturated rings. The molecular weight excluding hydrogens is 344 g/mol. The number of rotatable bonds is 6. The molecule has 2 heterocycles. The topological polar surface area (TPSA) is 86.8 Å². The van der Waals surface area contributed by atoms with Crippen molar-refractivity contribution in [2.75, 3.05) is 21.3 Å². The van der Waals surface area contributed by atoms with Crippen molar-refractivity contribution in [3.63, 3.8) is 0 Å². The van der Waals surface area contributed by atoms with Crippen LogP contribution in [0.4, 0.5) is 0 Å². The largest absolute Gasteiger partial charge is 0.493 e. The summed E-state index contributed by atoms with van der Waals surface area (Å²) in [7, 11) is 4.66. The van der Waals surface area contributed by atoms with E-state index in [4.69, 9.17) is 30.8 Å². The predicted molar refractivity (Wildman–Crippen MR) is 94.2 cm³/mol. The zero-order chi connectivity index (χ0) is 17.8. The molecule has 0 saturated heterocycles. The zero-order valence-electron chi connectivity index (χ0n) is 13.8. The Morgan fingerprint density at radius 1 is 1.20 bits per heavy atom. The average molecular weight is 360 g/mol. The highest BCUT2D eigenvalue weighted by atomic mass is 32.1. The molecule has 3 rings (SSSR count). The van der Waals surface area contributed by atoms with Crippen LogP contribution in [0.1, 0.15) is 5.56 Å². The molecule has 9 heteroatoms.